The molecule has 0 saturated heterocycles. The van der Waals surface area contributed by atoms with E-state index in [0.29, 0.717) is 5.92 Å². The number of ether oxygens (including phenoxy) is 1. The summed E-state index contributed by atoms with van der Waals surface area (Å²) in [5, 5.41) is 2.60. The molecule has 0 aromatic heterocycles. The Hall–Kier alpha value is -1.84. The van der Waals surface area contributed by atoms with Gasteiger partial charge in [-0.25, -0.2) is 4.79 Å². The van der Waals surface area contributed by atoms with Crippen LogP contribution in [0.5, 0.6) is 0 Å². The van der Waals surface area contributed by atoms with E-state index in [4.69, 9.17) is 4.74 Å². The Morgan fingerprint density at radius 1 is 1.40 bits per heavy atom. The van der Waals surface area contributed by atoms with Crippen molar-refractivity contribution < 1.29 is 14.3 Å². The van der Waals surface area contributed by atoms with Crippen LogP contribution in [0, 0.1) is 0 Å². The van der Waals surface area contributed by atoms with Crippen LogP contribution >= 0.6 is 0 Å². The average molecular weight is 275 g/mol. The number of benzene rings is 1. The molecule has 1 aliphatic rings. The monoisotopic (exact) mass is 275 g/mol. The SMILES string of the molecule is CC(C)(C)OC(=O)NC(C=O)c1cccc(C2CC2)c1. The second-order valence-electron chi connectivity index (χ2n) is 6.20. The Bertz CT molecular complexity index is 501. The fourth-order valence-electron chi connectivity index (χ4n) is 2.05. The maximum atomic E-state index is 11.7. The molecule has 1 amide bonds. The summed E-state index contributed by atoms with van der Waals surface area (Å²) in [5.41, 5.74) is 1.46. The third-order valence-corrected chi connectivity index (χ3v) is 3.13. The zero-order valence-corrected chi connectivity index (χ0v) is 12.2. The summed E-state index contributed by atoms with van der Waals surface area (Å²) in [4.78, 5) is 23.0. The van der Waals surface area contributed by atoms with Crippen LogP contribution in [0.15, 0.2) is 24.3 Å². The molecular weight excluding hydrogens is 254 g/mol. The Balaban J connectivity index is 2.06. The third kappa shape index (κ3) is 4.08. The molecule has 1 aromatic rings. The first-order chi connectivity index (χ1) is 9.39. The highest BCUT2D eigenvalue weighted by Gasteiger charge is 2.25. The fraction of sp³-hybridized carbons (Fsp3) is 0.500. The van der Waals surface area contributed by atoms with Crippen molar-refractivity contribution >= 4 is 12.4 Å². The maximum absolute atomic E-state index is 11.7. The second kappa shape index (κ2) is 5.65. The number of carbonyl (C=O) groups is 2. The average Bonchev–Trinajstić information content (AvgIpc) is 3.18. The van der Waals surface area contributed by atoms with Crippen LogP contribution < -0.4 is 5.32 Å². The summed E-state index contributed by atoms with van der Waals surface area (Å²) in [6, 6.07) is 7.17. The van der Waals surface area contributed by atoms with Crippen LogP contribution in [0.3, 0.4) is 0 Å². The maximum Gasteiger partial charge on any atom is 0.408 e. The Morgan fingerprint density at radius 3 is 2.65 bits per heavy atom. The van der Waals surface area contributed by atoms with E-state index in [-0.39, 0.29) is 0 Å². The molecule has 1 N–H and O–H groups in total. The first-order valence-electron chi connectivity index (χ1n) is 6.94. The smallest absolute Gasteiger partial charge is 0.408 e. The molecule has 0 spiro atoms. The predicted molar refractivity (Wildman–Crippen MR) is 76.6 cm³/mol. The highest BCUT2D eigenvalue weighted by Crippen LogP contribution is 2.40. The van der Waals surface area contributed by atoms with Crippen molar-refractivity contribution in [3.05, 3.63) is 35.4 Å². The first-order valence-corrected chi connectivity index (χ1v) is 6.94. The van der Waals surface area contributed by atoms with Crippen molar-refractivity contribution in [2.24, 2.45) is 0 Å². The van der Waals surface area contributed by atoms with Gasteiger partial charge in [0.2, 0.25) is 0 Å². The van der Waals surface area contributed by atoms with Gasteiger partial charge >= 0.3 is 6.09 Å². The minimum Gasteiger partial charge on any atom is -0.444 e. The third-order valence-electron chi connectivity index (χ3n) is 3.13. The molecule has 1 fully saturated rings. The van der Waals surface area contributed by atoms with Gasteiger partial charge < -0.3 is 14.8 Å². The minimum absolute atomic E-state index is 0.576. The lowest BCUT2D eigenvalue weighted by Crippen LogP contribution is -2.35. The van der Waals surface area contributed by atoms with Crippen LogP contribution in [0.25, 0.3) is 0 Å². The molecule has 2 rings (SSSR count). The summed E-state index contributed by atoms with van der Waals surface area (Å²) in [6.45, 7) is 5.36. The molecule has 0 bridgehead atoms. The van der Waals surface area contributed by atoms with E-state index in [1.165, 1.54) is 18.4 Å². The van der Waals surface area contributed by atoms with Gasteiger partial charge in [-0.2, -0.15) is 0 Å². The minimum atomic E-state index is -0.663. The van der Waals surface area contributed by atoms with E-state index in [2.05, 4.69) is 11.4 Å². The zero-order chi connectivity index (χ0) is 14.8. The number of hydrogen-bond acceptors (Lipinski definition) is 3. The molecule has 4 nitrogen and oxygen atoms in total. The molecule has 0 heterocycles. The van der Waals surface area contributed by atoms with Gasteiger partial charge in [-0.15, -0.1) is 0 Å². The molecule has 1 aromatic carbocycles. The van der Waals surface area contributed by atoms with Gasteiger partial charge in [0.1, 0.15) is 17.9 Å². The molecule has 0 radical (unpaired) electrons. The van der Waals surface area contributed by atoms with E-state index in [9.17, 15) is 9.59 Å². The number of amides is 1. The van der Waals surface area contributed by atoms with Crippen LogP contribution in [0.1, 0.15) is 56.7 Å². The summed E-state index contributed by atoms with van der Waals surface area (Å²) < 4.78 is 5.17. The number of aldehydes is 1. The normalized spacial score (nSPS) is 16.4. The van der Waals surface area contributed by atoms with Crippen molar-refractivity contribution in [2.45, 2.75) is 51.2 Å². The van der Waals surface area contributed by atoms with Gasteiger partial charge in [-0.3, -0.25) is 0 Å². The van der Waals surface area contributed by atoms with E-state index >= 15 is 0 Å². The number of carbonyl (C=O) groups excluding carboxylic acids is 2. The zero-order valence-electron chi connectivity index (χ0n) is 12.2. The lowest BCUT2D eigenvalue weighted by Gasteiger charge is -2.21. The molecule has 0 aliphatic heterocycles. The molecule has 1 unspecified atom stereocenters. The van der Waals surface area contributed by atoms with Gasteiger partial charge in [-0.1, -0.05) is 24.3 Å². The van der Waals surface area contributed by atoms with Crippen LogP contribution in [0.2, 0.25) is 0 Å². The van der Waals surface area contributed by atoms with Crippen LogP contribution in [-0.2, 0) is 9.53 Å². The second-order valence-corrected chi connectivity index (χ2v) is 6.20. The lowest BCUT2D eigenvalue weighted by atomic mass is 10.0. The van der Waals surface area contributed by atoms with Gasteiger partial charge in [0.15, 0.2) is 0 Å². The highest BCUT2D eigenvalue weighted by molar-refractivity contribution is 5.74. The summed E-state index contributed by atoms with van der Waals surface area (Å²) >= 11 is 0. The fourth-order valence-corrected chi connectivity index (χ4v) is 2.05. The number of hydrogen-bond donors (Lipinski definition) is 1. The summed E-state index contributed by atoms with van der Waals surface area (Å²) in [6.07, 6.45) is 2.56. The van der Waals surface area contributed by atoms with Gasteiger partial charge in [-0.05, 0) is 50.7 Å². The molecule has 1 aliphatic carbocycles. The predicted octanol–water partition coefficient (Wildman–Crippen LogP) is 3.33. The van der Waals surface area contributed by atoms with E-state index in [1.54, 1.807) is 20.8 Å². The Morgan fingerprint density at radius 2 is 2.10 bits per heavy atom. The standard InChI is InChI=1S/C16H21NO3/c1-16(2,3)20-15(19)17-14(10-18)13-6-4-5-12(9-13)11-7-8-11/h4-6,9-11,14H,7-8H2,1-3H3,(H,17,19). The number of alkyl carbamates (subject to hydrolysis) is 1. The quantitative estimate of drug-likeness (QED) is 0.857. The van der Waals surface area contributed by atoms with Crippen molar-refractivity contribution in [3.8, 4) is 0 Å². The van der Waals surface area contributed by atoms with Gasteiger partial charge in [0, 0.05) is 0 Å². The molecular formula is C16H21NO3. The Kier molecular flexibility index (Phi) is 4.12. The number of nitrogens with one attached hydrogen (secondary N) is 1. The van der Waals surface area contributed by atoms with E-state index in [1.807, 2.05) is 18.2 Å². The van der Waals surface area contributed by atoms with Crippen LogP contribution in [0.4, 0.5) is 4.79 Å². The van der Waals surface area contributed by atoms with Crippen molar-refractivity contribution in [2.75, 3.05) is 0 Å². The van der Waals surface area contributed by atoms with Gasteiger partial charge in [0.05, 0.1) is 0 Å². The summed E-state index contributed by atoms with van der Waals surface area (Å²) in [5.74, 6) is 0.615. The van der Waals surface area contributed by atoms with Crippen molar-refractivity contribution in [3.63, 3.8) is 0 Å². The largest absolute Gasteiger partial charge is 0.444 e. The molecule has 20 heavy (non-hydrogen) atoms. The summed E-state index contributed by atoms with van der Waals surface area (Å²) in [7, 11) is 0. The number of rotatable bonds is 4. The topological polar surface area (TPSA) is 55.4 Å². The van der Waals surface area contributed by atoms with E-state index in [0.717, 1.165) is 11.8 Å². The molecule has 1 atom stereocenters. The molecule has 4 heteroatoms. The Labute approximate surface area is 119 Å². The molecule has 108 valence electrons. The van der Waals surface area contributed by atoms with Crippen LogP contribution in [-0.4, -0.2) is 18.0 Å². The highest BCUT2D eigenvalue weighted by atomic mass is 16.6. The van der Waals surface area contributed by atoms with Crippen molar-refractivity contribution in [1.82, 2.24) is 5.32 Å². The van der Waals surface area contributed by atoms with Gasteiger partial charge in [0.25, 0.3) is 0 Å². The van der Waals surface area contributed by atoms with E-state index < -0.39 is 17.7 Å². The van der Waals surface area contributed by atoms with Crippen molar-refractivity contribution in [1.29, 1.82) is 0 Å². The molecule has 1 saturated carbocycles. The first kappa shape index (κ1) is 14.6. The lowest BCUT2D eigenvalue weighted by molar-refractivity contribution is -0.109.